The quantitative estimate of drug-likeness (QED) is 0.546. The molecule has 29 heavy (non-hydrogen) atoms. The Morgan fingerprint density at radius 3 is 2.45 bits per heavy atom. The Labute approximate surface area is 162 Å². The third kappa shape index (κ3) is 6.42. The predicted octanol–water partition coefficient (Wildman–Crippen LogP) is 4.00. The van der Waals surface area contributed by atoms with Crippen LogP contribution in [0.1, 0.15) is 30.1 Å². The number of alkyl halides is 3. The molecular weight excluding hydrogens is 396 g/mol. The van der Waals surface area contributed by atoms with E-state index in [1.165, 1.54) is 12.1 Å². The number of benzene rings is 1. The van der Waals surface area contributed by atoms with E-state index in [1.54, 1.807) is 24.7 Å². The molecule has 0 amide bonds. The van der Waals surface area contributed by atoms with E-state index in [4.69, 9.17) is 14.3 Å². The number of carboxylic acids is 1. The Morgan fingerprint density at radius 1 is 1.31 bits per heavy atom. The maximum Gasteiger partial charge on any atom is 0.490 e. The zero-order chi connectivity index (χ0) is 21.6. The second kappa shape index (κ2) is 9.32. The van der Waals surface area contributed by atoms with Gasteiger partial charge >= 0.3 is 12.1 Å². The van der Waals surface area contributed by atoms with Crippen LogP contribution in [0, 0.1) is 12.7 Å². The Bertz CT molecular complexity index is 922. The Balaban J connectivity index is 0.000000370. The summed E-state index contributed by atoms with van der Waals surface area (Å²) < 4.78 is 50.4. The molecular formula is C18H18F4N4O3. The van der Waals surface area contributed by atoms with Gasteiger partial charge in [0.1, 0.15) is 11.6 Å². The molecule has 1 atom stereocenters. The van der Waals surface area contributed by atoms with Crippen LogP contribution in [0.3, 0.4) is 0 Å². The van der Waals surface area contributed by atoms with Gasteiger partial charge in [0, 0.05) is 24.3 Å². The van der Waals surface area contributed by atoms with E-state index in [2.05, 4.69) is 20.3 Å². The Morgan fingerprint density at radius 2 is 1.93 bits per heavy atom. The monoisotopic (exact) mass is 414 g/mol. The van der Waals surface area contributed by atoms with Gasteiger partial charge in [-0.05, 0) is 38.1 Å². The van der Waals surface area contributed by atoms with Gasteiger partial charge in [-0.25, -0.2) is 19.2 Å². The van der Waals surface area contributed by atoms with Crippen molar-refractivity contribution in [3.63, 3.8) is 0 Å². The van der Waals surface area contributed by atoms with Crippen LogP contribution in [0.5, 0.6) is 0 Å². The lowest BCUT2D eigenvalue weighted by molar-refractivity contribution is -0.192. The summed E-state index contributed by atoms with van der Waals surface area (Å²) in [7, 11) is 0. The highest BCUT2D eigenvalue weighted by molar-refractivity contribution is 5.73. The fraction of sp³-hybridized carbons (Fsp3) is 0.278. The number of nitrogens with zero attached hydrogens (tertiary/aromatic N) is 2. The van der Waals surface area contributed by atoms with Gasteiger partial charge in [0.25, 0.3) is 0 Å². The highest BCUT2D eigenvalue weighted by atomic mass is 19.4. The summed E-state index contributed by atoms with van der Waals surface area (Å²) in [5.41, 5.74) is 2.61. The van der Waals surface area contributed by atoms with E-state index < -0.39 is 12.1 Å². The molecule has 0 saturated carbocycles. The summed E-state index contributed by atoms with van der Waals surface area (Å²) in [5, 5.41) is 10.5. The Kier molecular flexibility index (Phi) is 7.10. The molecule has 2 aromatic heterocycles. The van der Waals surface area contributed by atoms with Gasteiger partial charge in [-0.3, -0.25) is 0 Å². The van der Waals surface area contributed by atoms with Gasteiger partial charge < -0.3 is 19.8 Å². The fourth-order valence-corrected chi connectivity index (χ4v) is 2.17. The van der Waals surface area contributed by atoms with Gasteiger partial charge in [0.15, 0.2) is 0 Å². The first-order chi connectivity index (χ1) is 13.6. The number of rotatable bonds is 5. The molecule has 0 aliphatic carbocycles. The van der Waals surface area contributed by atoms with Gasteiger partial charge in [0.05, 0.1) is 17.7 Å². The van der Waals surface area contributed by atoms with Crippen LogP contribution < -0.4 is 5.32 Å². The summed E-state index contributed by atoms with van der Waals surface area (Å²) in [5.74, 6) is -1.78. The molecule has 156 valence electrons. The van der Waals surface area contributed by atoms with Crippen LogP contribution in [0.2, 0.25) is 0 Å². The van der Waals surface area contributed by atoms with Crippen molar-refractivity contribution in [2.45, 2.75) is 32.6 Å². The zero-order valence-corrected chi connectivity index (χ0v) is 15.4. The first-order valence-corrected chi connectivity index (χ1v) is 8.32. The fourth-order valence-electron chi connectivity index (χ4n) is 2.17. The summed E-state index contributed by atoms with van der Waals surface area (Å²) in [6.45, 7) is 4.50. The van der Waals surface area contributed by atoms with E-state index in [1.807, 2.05) is 13.8 Å². The highest BCUT2D eigenvalue weighted by Gasteiger charge is 2.38. The van der Waals surface area contributed by atoms with Crippen molar-refractivity contribution in [3.8, 4) is 11.5 Å². The average Bonchev–Trinajstić information content (AvgIpc) is 3.30. The summed E-state index contributed by atoms with van der Waals surface area (Å²) in [4.78, 5) is 20.5. The molecule has 1 aromatic carbocycles. The molecule has 0 radical (unpaired) electrons. The number of aryl methyl sites for hydroxylation is 1. The summed E-state index contributed by atoms with van der Waals surface area (Å²) >= 11 is 0. The third-order valence-electron chi connectivity index (χ3n) is 3.79. The second-order valence-corrected chi connectivity index (χ2v) is 5.94. The van der Waals surface area contributed by atoms with Crippen LogP contribution in [0.25, 0.3) is 11.5 Å². The van der Waals surface area contributed by atoms with Crippen molar-refractivity contribution < 1.29 is 31.9 Å². The zero-order valence-electron chi connectivity index (χ0n) is 15.4. The lowest BCUT2D eigenvalue weighted by Gasteiger charge is -2.10. The molecule has 7 nitrogen and oxygen atoms in total. The normalized spacial score (nSPS) is 12.2. The molecule has 0 spiro atoms. The van der Waals surface area contributed by atoms with E-state index >= 15 is 0 Å². The molecule has 3 rings (SSSR count). The van der Waals surface area contributed by atoms with Crippen LogP contribution >= 0.6 is 0 Å². The number of imidazole rings is 1. The van der Waals surface area contributed by atoms with Crippen molar-refractivity contribution in [2.24, 2.45) is 0 Å². The van der Waals surface area contributed by atoms with Crippen molar-refractivity contribution >= 4 is 5.97 Å². The van der Waals surface area contributed by atoms with Gasteiger partial charge in [-0.1, -0.05) is 0 Å². The highest BCUT2D eigenvalue weighted by Crippen LogP contribution is 2.22. The number of carbonyl (C=O) groups is 1. The van der Waals surface area contributed by atoms with Crippen molar-refractivity contribution in [1.29, 1.82) is 0 Å². The maximum atomic E-state index is 13.0. The van der Waals surface area contributed by atoms with Crippen LogP contribution in [0.4, 0.5) is 17.6 Å². The number of oxazole rings is 1. The van der Waals surface area contributed by atoms with E-state index in [0.717, 1.165) is 22.7 Å². The lowest BCUT2D eigenvalue weighted by atomic mass is 10.2. The van der Waals surface area contributed by atoms with Crippen molar-refractivity contribution in [2.75, 3.05) is 0 Å². The van der Waals surface area contributed by atoms with Gasteiger partial charge in [0.2, 0.25) is 5.89 Å². The molecule has 2 heterocycles. The molecule has 0 aliphatic heterocycles. The number of nitrogens with one attached hydrogen (secondary N) is 2. The molecule has 3 aromatic rings. The molecule has 0 saturated heterocycles. The first-order valence-electron chi connectivity index (χ1n) is 8.32. The molecule has 0 fully saturated rings. The lowest BCUT2D eigenvalue weighted by Crippen LogP contribution is -2.21. The number of carboxylic acid groups (broad SMARTS) is 1. The number of aliphatic carboxylic acids is 1. The largest absolute Gasteiger partial charge is 0.490 e. The smallest absolute Gasteiger partial charge is 0.475 e. The topological polar surface area (TPSA) is 104 Å². The molecule has 1 unspecified atom stereocenters. The Hall–Kier alpha value is -3.21. The van der Waals surface area contributed by atoms with Gasteiger partial charge in [-0.2, -0.15) is 13.2 Å². The van der Waals surface area contributed by atoms with E-state index in [0.29, 0.717) is 12.4 Å². The van der Waals surface area contributed by atoms with Gasteiger partial charge in [-0.15, -0.1) is 0 Å². The third-order valence-corrected chi connectivity index (χ3v) is 3.79. The molecule has 0 bridgehead atoms. The van der Waals surface area contributed by atoms with Crippen LogP contribution in [-0.2, 0) is 11.3 Å². The van der Waals surface area contributed by atoms with Crippen LogP contribution in [-0.4, -0.2) is 32.2 Å². The minimum atomic E-state index is -5.08. The average molecular weight is 414 g/mol. The number of halogens is 4. The van der Waals surface area contributed by atoms with Crippen molar-refractivity contribution in [3.05, 3.63) is 59.8 Å². The molecule has 0 aliphatic rings. The molecule has 11 heteroatoms. The van der Waals surface area contributed by atoms with E-state index in [-0.39, 0.29) is 11.9 Å². The first kappa shape index (κ1) is 22.1. The number of aromatic amines is 1. The number of H-pyrrole nitrogens is 1. The minimum absolute atomic E-state index is 0.132. The summed E-state index contributed by atoms with van der Waals surface area (Å²) in [6.07, 6.45) is -1.64. The second-order valence-electron chi connectivity index (χ2n) is 5.94. The summed E-state index contributed by atoms with van der Waals surface area (Å²) in [6, 6.07) is 6.24. The maximum absolute atomic E-state index is 13.0. The number of aromatic nitrogens is 3. The molecule has 3 N–H and O–H groups in total. The van der Waals surface area contributed by atoms with E-state index in [9.17, 15) is 17.6 Å². The van der Waals surface area contributed by atoms with Crippen LogP contribution in [0.15, 0.2) is 41.2 Å². The predicted molar refractivity (Wildman–Crippen MR) is 94.2 cm³/mol. The van der Waals surface area contributed by atoms with Crippen molar-refractivity contribution in [1.82, 2.24) is 20.3 Å². The minimum Gasteiger partial charge on any atom is -0.475 e. The number of hydrogen-bond donors (Lipinski definition) is 3. The standard InChI is InChI=1S/C16H17FN4O.C2HF3O2/c1-10(14-7-18-9-20-14)19-8-15-11(2)22-16(21-15)12-3-5-13(17)6-4-12;3-2(4,5)1(6)7/h3-7,9-10,19H,8H2,1-2H3,(H,18,20);(H,6,7). The SMILES string of the molecule is Cc1oc(-c2ccc(F)cc2)nc1CNC(C)c1cnc[nH]1.O=C(O)C(F)(F)F. The number of hydrogen-bond acceptors (Lipinski definition) is 5.